The highest BCUT2D eigenvalue weighted by atomic mass is 35.5. The zero-order valence-electron chi connectivity index (χ0n) is 14.9. The van der Waals surface area contributed by atoms with Crippen LogP contribution in [0, 0.1) is 5.92 Å². The van der Waals surface area contributed by atoms with E-state index in [1.165, 1.54) is 24.8 Å². The average Bonchev–Trinajstić information content (AvgIpc) is 2.61. The maximum absolute atomic E-state index is 5.93. The van der Waals surface area contributed by atoms with E-state index >= 15 is 0 Å². The molecule has 0 bridgehead atoms. The van der Waals surface area contributed by atoms with Crippen molar-refractivity contribution in [2.75, 3.05) is 39.9 Å². The third-order valence-electron chi connectivity index (χ3n) is 4.49. The maximum Gasteiger partial charge on any atom is 0.193 e. The number of nitrogens with one attached hydrogen (secondary N) is 1. The summed E-state index contributed by atoms with van der Waals surface area (Å²) in [5.41, 5.74) is 1.27. The van der Waals surface area contributed by atoms with Gasteiger partial charge in [-0.25, -0.2) is 0 Å². The minimum atomic E-state index is 0.781. The van der Waals surface area contributed by atoms with Gasteiger partial charge in [0.25, 0.3) is 0 Å². The molecule has 0 aromatic heterocycles. The first-order valence-corrected chi connectivity index (χ1v) is 9.38. The highest BCUT2D eigenvalue weighted by Gasteiger charge is 2.15. The lowest BCUT2D eigenvalue weighted by molar-refractivity contribution is 0.0625. The fourth-order valence-electron chi connectivity index (χ4n) is 2.93. The van der Waals surface area contributed by atoms with Crippen molar-refractivity contribution in [3.63, 3.8) is 0 Å². The van der Waals surface area contributed by atoms with E-state index in [4.69, 9.17) is 21.3 Å². The lowest BCUT2D eigenvalue weighted by atomic mass is 9.96. The molecule has 0 unspecified atom stereocenters. The summed E-state index contributed by atoms with van der Waals surface area (Å²) in [5, 5.41) is 4.18. The van der Waals surface area contributed by atoms with Crippen molar-refractivity contribution >= 4 is 17.6 Å². The second-order valence-electron chi connectivity index (χ2n) is 6.38. The first-order valence-electron chi connectivity index (χ1n) is 9.00. The van der Waals surface area contributed by atoms with Gasteiger partial charge in [0.2, 0.25) is 0 Å². The van der Waals surface area contributed by atoms with E-state index in [0.29, 0.717) is 0 Å². The number of aliphatic imine (C=N–C) groups is 1. The van der Waals surface area contributed by atoms with Gasteiger partial charge in [0.1, 0.15) is 0 Å². The molecule has 1 heterocycles. The first-order chi connectivity index (χ1) is 11.7. The largest absolute Gasteiger partial charge is 0.381 e. The zero-order valence-corrected chi connectivity index (χ0v) is 15.7. The summed E-state index contributed by atoms with van der Waals surface area (Å²) in [6.45, 7) is 6.67. The van der Waals surface area contributed by atoms with Crippen LogP contribution in [0.4, 0.5) is 0 Å². The Hall–Kier alpha value is -1.26. The Bertz CT molecular complexity index is 498. The van der Waals surface area contributed by atoms with Crippen LogP contribution in [-0.2, 0) is 11.2 Å². The molecule has 0 saturated carbocycles. The van der Waals surface area contributed by atoms with Gasteiger partial charge in [-0.2, -0.15) is 0 Å². The normalized spacial score (nSPS) is 16.2. The molecule has 0 atom stereocenters. The molecular weight excluding hydrogens is 322 g/mol. The lowest BCUT2D eigenvalue weighted by Gasteiger charge is -2.26. The molecule has 134 valence electrons. The Kier molecular flexibility index (Phi) is 8.40. The molecule has 0 aliphatic carbocycles. The summed E-state index contributed by atoms with van der Waals surface area (Å²) in [7, 11) is 2.13. The molecule has 5 heteroatoms. The van der Waals surface area contributed by atoms with Crippen molar-refractivity contribution in [1.82, 2.24) is 10.2 Å². The minimum Gasteiger partial charge on any atom is -0.381 e. The fourth-order valence-corrected chi connectivity index (χ4v) is 3.05. The van der Waals surface area contributed by atoms with Crippen molar-refractivity contribution in [1.29, 1.82) is 0 Å². The van der Waals surface area contributed by atoms with Crippen molar-refractivity contribution < 1.29 is 4.74 Å². The van der Waals surface area contributed by atoms with E-state index < -0.39 is 0 Å². The number of hydrogen-bond donors (Lipinski definition) is 1. The van der Waals surface area contributed by atoms with Crippen LogP contribution in [0.1, 0.15) is 31.7 Å². The van der Waals surface area contributed by atoms with Gasteiger partial charge in [-0.15, -0.1) is 0 Å². The molecular formula is C19H30ClN3O. The quantitative estimate of drug-likeness (QED) is 0.602. The Morgan fingerprint density at radius 3 is 2.67 bits per heavy atom. The van der Waals surface area contributed by atoms with Gasteiger partial charge in [-0.1, -0.05) is 23.7 Å². The van der Waals surface area contributed by atoms with Crippen LogP contribution in [-0.4, -0.2) is 50.8 Å². The number of guanidine groups is 1. The van der Waals surface area contributed by atoms with Gasteiger partial charge >= 0.3 is 0 Å². The molecule has 1 aliphatic rings. The molecule has 1 N–H and O–H groups in total. The Balaban J connectivity index is 1.80. The van der Waals surface area contributed by atoms with Crippen molar-refractivity contribution in [3.8, 4) is 0 Å². The number of nitrogens with zero attached hydrogens (tertiary/aromatic N) is 2. The van der Waals surface area contributed by atoms with Gasteiger partial charge in [0.15, 0.2) is 5.96 Å². The van der Waals surface area contributed by atoms with Crippen LogP contribution in [0.15, 0.2) is 29.3 Å². The number of benzene rings is 1. The molecule has 24 heavy (non-hydrogen) atoms. The molecule has 2 rings (SSSR count). The number of rotatable bonds is 7. The van der Waals surface area contributed by atoms with Crippen LogP contribution < -0.4 is 5.32 Å². The SMILES string of the molecule is CCNC(=NCCc1ccc(Cl)cc1)N(C)CCC1CCOCC1. The molecule has 1 aromatic carbocycles. The molecule has 1 aliphatic heterocycles. The Morgan fingerprint density at radius 1 is 1.29 bits per heavy atom. The van der Waals surface area contributed by atoms with E-state index in [9.17, 15) is 0 Å². The van der Waals surface area contributed by atoms with Crippen molar-refractivity contribution in [3.05, 3.63) is 34.9 Å². The molecule has 0 spiro atoms. The van der Waals surface area contributed by atoms with Crippen LogP contribution in [0.5, 0.6) is 0 Å². The summed E-state index contributed by atoms with van der Waals surface area (Å²) in [4.78, 5) is 7.02. The average molecular weight is 352 g/mol. The standard InChI is InChI=1S/C19H30ClN3O/c1-3-21-19(22-12-8-16-4-6-18(20)7-5-16)23(2)13-9-17-10-14-24-15-11-17/h4-7,17H,3,8-15H2,1-2H3,(H,21,22). The smallest absolute Gasteiger partial charge is 0.193 e. The first kappa shape index (κ1) is 19.1. The van der Waals surface area contributed by atoms with Crippen LogP contribution in [0.25, 0.3) is 0 Å². The van der Waals surface area contributed by atoms with E-state index in [1.54, 1.807) is 0 Å². The van der Waals surface area contributed by atoms with Crippen LogP contribution >= 0.6 is 11.6 Å². The number of halogens is 1. The van der Waals surface area contributed by atoms with Gasteiger partial charge in [-0.05, 0) is 56.2 Å². The van der Waals surface area contributed by atoms with E-state index in [2.05, 4.69) is 36.3 Å². The summed E-state index contributed by atoms with van der Waals surface area (Å²) in [6.07, 6.45) is 4.53. The predicted octanol–water partition coefficient (Wildman–Crippen LogP) is 3.60. The summed E-state index contributed by atoms with van der Waals surface area (Å²) in [6, 6.07) is 8.01. The summed E-state index contributed by atoms with van der Waals surface area (Å²) >= 11 is 5.93. The predicted molar refractivity (Wildman–Crippen MR) is 102 cm³/mol. The maximum atomic E-state index is 5.93. The van der Waals surface area contributed by atoms with Gasteiger partial charge < -0.3 is 15.0 Å². The summed E-state index contributed by atoms with van der Waals surface area (Å²) in [5.74, 6) is 1.79. The zero-order chi connectivity index (χ0) is 17.2. The Morgan fingerprint density at radius 2 is 2.00 bits per heavy atom. The Labute approximate surface area is 151 Å². The van der Waals surface area contributed by atoms with E-state index in [-0.39, 0.29) is 0 Å². The second kappa shape index (κ2) is 10.6. The highest BCUT2D eigenvalue weighted by Crippen LogP contribution is 2.18. The molecule has 1 aromatic rings. The molecule has 4 nitrogen and oxygen atoms in total. The van der Waals surface area contributed by atoms with E-state index in [0.717, 1.165) is 56.2 Å². The lowest BCUT2D eigenvalue weighted by Crippen LogP contribution is -2.40. The second-order valence-corrected chi connectivity index (χ2v) is 6.81. The molecule has 1 fully saturated rings. The van der Waals surface area contributed by atoms with Crippen molar-refractivity contribution in [2.45, 2.75) is 32.6 Å². The van der Waals surface area contributed by atoms with Crippen LogP contribution in [0.3, 0.4) is 0 Å². The highest BCUT2D eigenvalue weighted by molar-refractivity contribution is 6.30. The summed E-state index contributed by atoms with van der Waals surface area (Å²) < 4.78 is 5.44. The van der Waals surface area contributed by atoms with Gasteiger partial charge in [-0.3, -0.25) is 4.99 Å². The topological polar surface area (TPSA) is 36.9 Å². The third kappa shape index (κ3) is 6.70. The molecule has 0 amide bonds. The van der Waals surface area contributed by atoms with Crippen LogP contribution in [0.2, 0.25) is 5.02 Å². The number of ether oxygens (including phenoxy) is 1. The van der Waals surface area contributed by atoms with Gasteiger partial charge in [0, 0.05) is 44.9 Å². The molecule has 0 radical (unpaired) electrons. The minimum absolute atomic E-state index is 0.781. The van der Waals surface area contributed by atoms with Crippen molar-refractivity contribution in [2.24, 2.45) is 10.9 Å². The number of hydrogen-bond acceptors (Lipinski definition) is 2. The molecule has 1 saturated heterocycles. The monoisotopic (exact) mass is 351 g/mol. The van der Waals surface area contributed by atoms with E-state index in [1.807, 2.05) is 12.1 Å². The van der Waals surface area contributed by atoms with Gasteiger partial charge in [0.05, 0.1) is 0 Å². The fraction of sp³-hybridized carbons (Fsp3) is 0.632. The third-order valence-corrected chi connectivity index (χ3v) is 4.74.